The molecule has 57 heavy (non-hydrogen) atoms. The maximum absolute atomic E-state index is 14.5. The van der Waals surface area contributed by atoms with E-state index in [0.29, 0.717) is 30.1 Å². The molecule has 316 valence electrons. The lowest BCUT2D eigenvalue weighted by molar-refractivity contribution is -0.199. The number of rotatable bonds is 9. The van der Waals surface area contributed by atoms with Crippen LogP contribution in [0, 0.1) is 17.3 Å². The van der Waals surface area contributed by atoms with Gasteiger partial charge in [0.25, 0.3) is 0 Å². The number of amides is 2. The fourth-order valence-electron chi connectivity index (χ4n) is 9.07. The average Bonchev–Trinajstić information content (AvgIpc) is 3.57. The van der Waals surface area contributed by atoms with Gasteiger partial charge in [-0.25, -0.2) is 18.8 Å². The predicted molar refractivity (Wildman–Crippen MR) is 209 cm³/mol. The molecule has 6 aliphatic rings. The van der Waals surface area contributed by atoms with Crippen LogP contribution in [-0.2, 0) is 34.7 Å². The smallest absolute Gasteiger partial charge is 0.486 e. The summed E-state index contributed by atoms with van der Waals surface area (Å²) < 4.78 is 56.6. The minimum absolute atomic E-state index is 0.00136. The Kier molecular flexibility index (Phi) is 11.5. The van der Waals surface area contributed by atoms with Crippen LogP contribution in [0.2, 0.25) is 6.32 Å². The second-order valence-electron chi connectivity index (χ2n) is 20.3. The molecule has 6 fully saturated rings. The van der Waals surface area contributed by atoms with E-state index in [1.165, 1.54) is 4.90 Å². The Morgan fingerprint density at radius 1 is 0.877 bits per heavy atom. The van der Waals surface area contributed by atoms with Crippen molar-refractivity contribution in [1.29, 1.82) is 0 Å². The summed E-state index contributed by atoms with van der Waals surface area (Å²) >= 11 is 0. The van der Waals surface area contributed by atoms with Crippen LogP contribution in [0.4, 0.5) is 14.0 Å². The molecular formula is C42H62BFN2O11. The average molecular weight is 801 g/mol. The Balaban J connectivity index is 1.19. The number of esters is 1. The molecule has 2 bridgehead atoms. The normalized spacial score (nSPS) is 28.2. The SMILES string of the molecule is CC(C)(C)OC(=O)Oc1c(CCB2O[C@@H]3C[C@@H]4C[C@@H](C4(C)C)[C@]3(C)O2)ccc(OC2CN(C(=O)C[C@@H]3C[C@H](F)CN3C(=O)OC(C)(C)C)C2)c1C(=O)OC(C)(C)C. The third kappa shape index (κ3) is 9.50. The molecule has 3 aliphatic heterocycles. The summed E-state index contributed by atoms with van der Waals surface area (Å²) in [6.45, 7) is 22.6. The minimum Gasteiger partial charge on any atom is -0.486 e. The molecule has 13 nitrogen and oxygen atoms in total. The highest BCUT2D eigenvalue weighted by atomic mass is 19.1. The largest absolute Gasteiger partial charge is 0.514 e. The van der Waals surface area contributed by atoms with Crippen molar-refractivity contribution < 1.29 is 56.6 Å². The molecule has 2 amide bonds. The van der Waals surface area contributed by atoms with Crippen molar-refractivity contribution in [2.75, 3.05) is 19.6 Å². The van der Waals surface area contributed by atoms with Gasteiger partial charge in [-0.05, 0) is 124 Å². The molecule has 1 aromatic carbocycles. The Labute approximate surface area is 337 Å². The first-order valence-electron chi connectivity index (χ1n) is 20.4. The first-order chi connectivity index (χ1) is 26.2. The van der Waals surface area contributed by atoms with Gasteiger partial charge in [-0.1, -0.05) is 19.9 Å². The summed E-state index contributed by atoms with van der Waals surface area (Å²) in [5.41, 5.74) is -2.27. The first-order valence-corrected chi connectivity index (χ1v) is 20.4. The van der Waals surface area contributed by atoms with Gasteiger partial charge in [0.2, 0.25) is 5.91 Å². The minimum atomic E-state index is -1.25. The zero-order valence-electron chi connectivity index (χ0n) is 35.8. The van der Waals surface area contributed by atoms with Gasteiger partial charge in [-0.15, -0.1) is 0 Å². The van der Waals surface area contributed by atoms with E-state index in [1.807, 2.05) is 0 Å². The second-order valence-corrected chi connectivity index (χ2v) is 20.3. The number of carbonyl (C=O) groups excluding carboxylic acids is 4. The maximum Gasteiger partial charge on any atom is 0.514 e. The summed E-state index contributed by atoms with van der Waals surface area (Å²) in [5, 5.41) is 0. The molecular weight excluding hydrogens is 738 g/mol. The molecule has 3 aliphatic carbocycles. The molecule has 0 radical (unpaired) electrons. The second kappa shape index (κ2) is 15.2. The molecule has 3 saturated heterocycles. The van der Waals surface area contributed by atoms with Crippen LogP contribution in [0.3, 0.4) is 0 Å². The van der Waals surface area contributed by atoms with E-state index < -0.39 is 60.5 Å². The third-order valence-electron chi connectivity index (χ3n) is 11.9. The highest BCUT2D eigenvalue weighted by Crippen LogP contribution is 2.65. The van der Waals surface area contributed by atoms with Crippen molar-refractivity contribution in [3.8, 4) is 11.5 Å². The maximum atomic E-state index is 14.5. The third-order valence-corrected chi connectivity index (χ3v) is 11.9. The van der Waals surface area contributed by atoms with Crippen molar-refractivity contribution in [3.63, 3.8) is 0 Å². The number of likely N-dealkylation sites (tertiary alicyclic amines) is 2. The summed E-state index contributed by atoms with van der Waals surface area (Å²) in [4.78, 5) is 56.3. The van der Waals surface area contributed by atoms with Gasteiger partial charge in [-0.2, -0.15) is 0 Å². The molecule has 3 saturated carbocycles. The van der Waals surface area contributed by atoms with Crippen LogP contribution < -0.4 is 9.47 Å². The topological polar surface area (TPSA) is 139 Å². The Morgan fingerprint density at radius 3 is 2.14 bits per heavy atom. The molecule has 3 heterocycles. The number of alkyl halides is 1. The van der Waals surface area contributed by atoms with Gasteiger partial charge in [0.05, 0.1) is 31.3 Å². The van der Waals surface area contributed by atoms with Gasteiger partial charge >= 0.3 is 25.3 Å². The predicted octanol–water partition coefficient (Wildman–Crippen LogP) is 7.55. The molecule has 1 aromatic rings. The molecule has 15 heteroatoms. The van der Waals surface area contributed by atoms with Crippen LogP contribution in [0.1, 0.15) is 125 Å². The van der Waals surface area contributed by atoms with E-state index in [1.54, 1.807) is 79.3 Å². The first kappa shape index (κ1) is 43.0. The van der Waals surface area contributed by atoms with Crippen molar-refractivity contribution in [2.24, 2.45) is 17.3 Å². The van der Waals surface area contributed by atoms with Crippen LogP contribution in [0.25, 0.3) is 0 Å². The van der Waals surface area contributed by atoms with Gasteiger partial charge in [0.1, 0.15) is 40.4 Å². The van der Waals surface area contributed by atoms with E-state index in [4.69, 9.17) is 33.0 Å². The standard InChI is InChI=1S/C42H62BFN2O11/c1-38(2,3)53-35(48)33-29(51-28-22-45(23-28)32(47)20-27-19-26(44)21-46(27)36(49)54-39(4,5)6)14-13-24(34(33)52-37(50)55-40(7,8)9)15-16-43-56-31-18-25-17-30(41(25,10)11)42(31,12)57-43/h13-14,25-28,30-31H,15-23H2,1-12H3/t25-,26-,27-,30-,31+,42-/m0/s1. The highest BCUT2D eigenvalue weighted by molar-refractivity contribution is 6.45. The van der Waals surface area contributed by atoms with Crippen molar-refractivity contribution in [2.45, 2.75) is 168 Å². The number of hydrogen-bond donors (Lipinski definition) is 0. The number of ether oxygens (including phenoxy) is 5. The molecule has 6 atom stereocenters. The number of nitrogens with zero attached hydrogens (tertiary/aromatic N) is 2. The van der Waals surface area contributed by atoms with Crippen molar-refractivity contribution in [3.05, 3.63) is 23.3 Å². The summed E-state index contributed by atoms with van der Waals surface area (Å²) in [5.74, 6) is 0.0536. The molecule has 0 aromatic heterocycles. The van der Waals surface area contributed by atoms with E-state index in [-0.39, 0.29) is 72.6 Å². The Hall–Kier alpha value is -3.59. The number of hydrogen-bond acceptors (Lipinski definition) is 11. The molecule has 0 spiro atoms. The lowest BCUT2D eigenvalue weighted by Gasteiger charge is -2.64. The van der Waals surface area contributed by atoms with E-state index in [9.17, 15) is 23.6 Å². The summed E-state index contributed by atoms with van der Waals surface area (Å²) in [6.07, 6.45) is -0.575. The van der Waals surface area contributed by atoms with E-state index in [2.05, 4.69) is 20.8 Å². The number of carbonyl (C=O) groups is 4. The van der Waals surface area contributed by atoms with Gasteiger partial charge in [0.15, 0.2) is 5.75 Å². The molecule has 7 rings (SSSR count). The fourth-order valence-corrected chi connectivity index (χ4v) is 9.07. The zero-order valence-corrected chi connectivity index (χ0v) is 35.8. The van der Waals surface area contributed by atoms with Gasteiger partial charge in [-0.3, -0.25) is 4.79 Å². The molecule has 0 unspecified atom stereocenters. The summed E-state index contributed by atoms with van der Waals surface area (Å²) in [7, 11) is -0.486. The zero-order chi connectivity index (χ0) is 42.0. The van der Waals surface area contributed by atoms with Crippen LogP contribution in [0.15, 0.2) is 12.1 Å². The summed E-state index contributed by atoms with van der Waals surface area (Å²) in [6, 6.07) is 2.76. The highest BCUT2D eigenvalue weighted by Gasteiger charge is 2.67. The van der Waals surface area contributed by atoms with Crippen LogP contribution >= 0.6 is 0 Å². The van der Waals surface area contributed by atoms with Crippen LogP contribution in [-0.4, -0.2) is 108 Å². The number of benzene rings is 1. The Bertz CT molecular complexity index is 1730. The van der Waals surface area contributed by atoms with Crippen molar-refractivity contribution in [1.82, 2.24) is 9.80 Å². The van der Waals surface area contributed by atoms with Gasteiger partial charge in [0, 0.05) is 18.9 Å². The number of aryl methyl sites for hydroxylation is 1. The Morgan fingerprint density at radius 2 is 1.53 bits per heavy atom. The van der Waals surface area contributed by atoms with Crippen LogP contribution in [0.5, 0.6) is 11.5 Å². The lowest BCUT2D eigenvalue weighted by Crippen LogP contribution is -2.65. The lowest BCUT2D eigenvalue weighted by atomic mass is 9.43. The van der Waals surface area contributed by atoms with E-state index >= 15 is 0 Å². The van der Waals surface area contributed by atoms with E-state index in [0.717, 1.165) is 12.8 Å². The monoisotopic (exact) mass is 800 g/mol. The fraction of sp³-hybridized carbons (Fsp3) is 0.762. The van der Waals surface area contributed by atoms with Gasteiger partial charge < -0.3 is 42.8 Å². The molecule has 0 N–H and O–H groups in total. The number of halogens is 1. The van der Waals surface area contributed by atoms with Crippen molar-refractivity contribution >= 4 is 31.2 Å². The quantitative estimate of drug-likeness (QED) is 0.106.